The standard InChI is InChI=1S/C15H12O3S/c16-19(17,13-7-2-1-3-8-13)14-10-12-6-4-5-9-15(12)18-11-14/h1-10H,11H2. The molecule has 0 spiro atoms. The summed E-state index contributed by atoms with van der Waals surface area (Å²) < 4.78 is 30.4. The normalized spacial score (nSPS) is 14.2. The average molecular weight is 272 g/mol. The van der Waals surface area contributed by atoms with Crippen molar-refractivity contribution in [3.8, 4) is 5.75 Å². The van der Waals surface area contributed by atoms with Gasteiger partial charge in [-0.05, 0) is 24.3 Å². The fourth-order valence-corrected chi connectivity index (χ4v) is 3.32. The molecule has 0 atom stereocenters. The van der Waals surface area contributed by atoms with E-state index in [2.05, 4.69) is 0 Å². The summed E-state index contributed by atoms with van der Waals surface area (Å²) in [4.78, 5) is 0.585. The van der Waals surface area contributed by atoms with Crippen molar-refractivity contribution in [3.05, 3.63) is 65.1 Å². The van der Waals surface area contributed by atoms with Crippen LogP contribution in [0.15, 0.2) is 64.4 Å². The Bertz CT molecular complexity index is 731. The third kappa shape index (κ3) is 2.15. The molecule has 2 aromatic carbocycles. The number of rotatable bonds is 2. The van der Waals surface area contributed by atoms with Crippen molar-refractivity contribution >= 4 is 15.9 Å². The molecule has 0 saturated heterocycles. The fourth-order valence-electron chi connectivity index (χ4n) is 2.00. The highest BCUT2D eigenvalue weighted by atomic mass is 32.2. The third-order valence-corrected chi connectivity index (χ3v) is 4.82. The molecule has 1 heterocycles. The first-order valence-corrected chi connectivity index (χ1v) is 7.39. The van der Waals surface area contributed by atoms with Gasteiger partial charge in [-0.15, -0.1) is 0 Å². The number of sulfone groups is 1. The van der Waals surface area contributed by atoms with Gasteiger partial charge in [-0.1, -0.05) is 36.4 Å². The van der Waals surface area contributed by atoms with E-state index >= 15 is 0 Å². The summed E-state index contributed by atoms with van der Waals surface area (Å²) in [5.41, 5.74) is 0.795. The summed E-state index contributed by atoms with van der Waals surface area (Å²) in [7, 11) is -3.47. The van der Waals surface area contributed by atoms with E-state index < -0.39 is 9.84 Å². The van der Waals surface area contributed by atoms with Crippen molar-refractivity contribution in [3.63, 3.8) is 0 Å². The summed E-state index contributed by atoms with van der Waals surface area (Å²) >= 11 is 0. The Labute approximate surface area is 112 Å². The van der Waals surface area contributed by atoms with Gasteiger partial charge in [-0.3, -0.25) is 0 Å². The molecule has 96 valence electrons. The van der Waals surface area contributed by atoms with Crippen molar-refractivity contribution in [2.75, 3.05) is 6.61 Å². The predicted molar refractivity (Wildman–Crippen MR) is 73.5 cm³/mol. The molecule has 4 heteroatoms. The number of para-hydroxylation sites is 1. The van der Waals surface area contributed by atoms with Crippen LogP contribution in [-0.2, 0) is 9.84 Å². The second-order valence-electron chi connectivity index (χ2n) is 4.25. The highest BCUT2D eigenvalue weighted by Gasteiger charge is 2.24. The van der Waals surface area contributed by atoms with Crippen molar-refractivity contribution in [1.29, 1.82) is 0 Å². The Balaban J connectivity index is 2.08. The number of hydrogen-bond acceptors (Lipinski definition) is 3. The van der Waals surface area contributed by atoms with Crippen molar-refractivity contribution in [2.45, 2.75) is 4.90 Å². The van der Waals surface area contributed by atoms with Gasteiger partial charge >= 0.3 is 0 Å². The Morgan fingerprint density at radius 1 is 0.895 bits per heavy atom. The van der Waals surface area contributed by atoms with Gasteiger partial charge in [0.1, 0.15) is 12.4 Å². The van der Waals surface area contributed by atoms with Gasteiger partial charge in [0.05, 0.1) is 9.80 Å². The Kier molecular flexibility index (Phi) is 2.87. The molecular weight excluding hydrogens is 260 g/mol. The maximum atomic E-state index is 12.4. The van der Waals surface area contributed by atoms with Gasteiger partial charge in [0, 0.05) is 5.56 Å². The van der Waals surface area contributed by atoms with Crippen LogP contribution >= 0.6 is 0 Å². The molecule has 3 rings (SSSR count). The lowest BCUT2D eigenvalue weighted by molar-refractivity contribution is 0.353. The minimum Gasteiger partial charge on any atom is -0.488 e. The molecule has 0 radical (unpaired) electrons. The largest absolute Gasteiger partial charge is 0.488 e. The van der Waals surface area contributed by atoms with E-state index in [1.165, 1.54) is 0 Å². The molecule has 0 unspecified atom stereocenters. The Morgan fingerprint density at radius 2 is 1.58 bits per heavy atom. The van der Waals surface area contributed by atoms with E-state index in [4.69, 9.17) is 4.74 Å². The van der Waals surface area contributed by atoms with Crippen LogP contribution in [0.2, 0.25) is 0 Å². The minimum absolute atomic E-state index is 0.0776. The van der Waals surface area contributed by atoms with Gasteiger partial charge in [0.2, 0.25) is 9.84 Å². The van der Waals surface area contributed by atoms with Gasteiger partial charge < -0.3 is 4.74 Å². The second-order valence-corrected chi connectivity index (χ2v) is 6.26. The molecular formula is C15H12O3S. The Hall–Kier alpha value is -2.07. The molecule has 0 amide bonds. The SMILES string of the molecule is O=S(=O)(C1=Cc2ccccc2OC1)c1ccccc1. The lowest BCUT2D eigenvalue weighted by Crippen LogP contribution is -2.15. The van der Waals surface area contributed by atoms with E-state index in [-0.39, 0.29) is 11.5 Å². The molecule has 2 aromatic rings. The van der Waals surface area contributed by atoms with E-state index in [0.29, 0.717) is 4.90 Å². The van der Waals surface area contributed by atoms with E-state index in [1.807, 2.05) is 24.3 Å². The number of ether oxygens (including phenoxy) is 1. The maximum Gasteiger partial charge on any atom is 0.206 e. The summed E-state index contributed by atoms with van der Waals surface area (Å²) in [6.45, 7) is 0.0776. The summed E-state index contributed by atoms with van der Waals surface area (Å²) in [6.07, 6.45) is 1.68. The topological polar surface area (TPSA) is 43.4 Å². The van der Waals surface area contributed by atoms with Crippen molar-refractivity contribution in [2.24, 2.45) is 0 Å². The molecule has 3 nitrogen and oxygen atoms in total. The molecule has 0 aliphatic carbocycles. The van der Waals surface area contributed by atoms with Crippen LogP contribution in [0.1, 0.15) is 5.56 Å². The van der Waals surface area contributed by atoms with Crippen LogP contribution in [0.4, 0.5) is 0 Å². The molecule has 0 aromatic heterocycles. The molecule has 0 bridgehead atoms. The van der Waals surface area contributed by atoms with Gasteiger partial charge in [0.15, 0.2) is 0 Å². The zero-order valence-corrected chi connectivity index (χ0v) is 10.9. The highest BCUT2D eigenvalue weighted by molar-refractivity contribution is 7.95. The minimum atomic E-state index is -3.47. The van der Waals surface area contributed by atoms with Gasteiger partial charge in [-0.25, -0.2) is 8.42 Å². The lowest BCUT2D eigenvalue weighted by Gasteiger charge is -2.17. The van der Waals surface area contributed by atoms with Crippen molar-refractivity contribution < 1.29 is 13.2 Å². The average Bonchev–Trinajstić information content (AvgIpc) is 2.47. The summed E-state index contributed by atoms with van der Waals surface area (Å²) in [5.74, 6) is 0.717. The van der Waals surface area contributed by atoms with E-state index in [0.717, 1.165) is 11.3 Å². The highest BCUT2D eigenvalue weighted by Crippen LogP contribution is 2.30. The predicted octanol–water partition coefficient (Wildman–Crippen LogP) is 2.89. The Morgan fingerprint density at radius 3 is 2.37 bits per heavy atom. The van der Waals surface area contributed by atoms with Crippen LogP contribution in [0, 0.1) is 0 Å². The van der Waals surface area contributed by atoms with E-state index in [9.17, 15) is 8.42 Å². The first-order valence-electron chi connectivity index (χ1n) is 5.90. The summed E-state index contributed by atoms with van der Waals surface area (Å²) in [6, 6.07) is 15.8. The van der Waals surface area contributed by atoms with Crippen LogP contribution in [0.25, 0.3) is 6.08 Å². The van der Waals surface area contributed by atoms with Gasteiger partial charge in [-0.2, -0.15) is 0 Å². The van der Waals surface area contributed by atoms with Crippen LogP contribution in [0.5, 0.6) is 5.75 Å². The quantitative estimate of drug-likeness (QED) is 0.844. The zero-order valence-electron chi connectivity index (χ0n) is 10.1. The monoisotopic (exact) mass is 272 g/mol. The molecule has 0 N–H and O–H groups in total. The summed E-state index contributed by atoms with van der Waals surface area (Å²) in [5, 5.41) is 0. The molecule has 0 fully saturated rings. The smallest absolute Gasteiger partial charge is 0.206 e. The first-order chi connectivity index (χ1) is 9.18. The number of hydrogen-bond donors (Lipinski definition) is 0. The molecule has 1 aliphatic heterocycles. The number of benzene rings is 2. The van der Waals surface area contributed by atoms with E-state index in [1.54, 1.807) is 36.4 Å². The fraction of sp³-hybridized carbons (Fsp3) is 0.0667. The lowest BCUT2D eigenvalue weighted by atomic mass is 10.1. The van der Waals surface area contributed by atoms with Crippen LogP contribution in [0.3, 0.4) is 0 Å². The van der Waals surface area contributed by atoms with Crippen molar-refractivity contribution in [1.82, 2.24) is 0 Å². The maximum absolute atomic E-state index is 12.4. The van der Waals surface area contributed by atoms with Crippen LogP contribution in [-0.4, -0.2) is 15.0 Å². The third-order valence-electron chi connectivity index (χ3n) is 3.00. The van der Waals surface area contributed by atoms with Gasteiger partial charge in [0.25, 0.3) is 0 Å². The first kappa shape index (κ1) is 12.0. The second kappa shape index (κ2) is 4.55. The van der Waals surface area contributed by atoms with Crippen LogP contribution < -0.4 is 4.74 Å². The number of fused-ring (bicyclic) bond motifs is 1. The zero-order chi connectivity index (χ0) is 13.3. The molecule has 19 heavy (non-hydrogen) atoms. The molecule has 1 aliphatic rings. The molecule has 0 saturated carbocycles.